The predicted octanol–water partition coefficient (Wildman–Crippen LogP) is 5.24. The van der Waals surface area contributed by atoms with Crippen molar-refractivity contribution < 1.29 is 15.0 Å². The maximum Gasteiger partial charge on any atom is 0.145 e. The monoisotopic (exact) mass is 384 g/mol. The first-order chi connectivity index (χ1) is 13.0. The molecular formula is C25H36O3. The summed E-state index contributed by atoms with van der Waals surface area (Å²) in [6.07, 6.45) is 19.2. The van der Waals surface area contributed by atoms with E-state index in [1.807, 2.05) is 57.2 Å². The van der Waals surface area contributed by atoms with E-state index in [4.69, 9.17) is 0 Å². The molecule has 1 aliphatic rings. The van der Waals surface area contributed by atoms with E-state index in [2.05, 4.69) is 26.0 Å². The molecule has 1 rings (SSSR count). The van der Waals surface area contributed by atoms with Gasteiger partial charge in [0.2, 0.25) is 0 Å². The number of allylic oxidation sites excluding steroid dienone is 11. The molecule has 3 nitrogen and oxygen atoms in total. The van der Waals surface area contributed by atoms with Gasteiger partial charge in [0.05, 0.1) is 11.7 Å². The zero-order chi connectivity index (χ0) is 21.4. The van der Waals surface area contributed by atoms with E-state index in [0.29, 0.717) is 18.4 Å². The van der Waals surface area contributed by atoms with E-state index in [9.17, 15) is 15.0 Å². The maximum atomic E-state index is 10.8. The molecule has 28 heavy (non-hydrogen) atoms. The van der Waals surface area contributed by atoms with Crippen molar-refractivity contribution in [2.75, 3.05) is 0 Å². The minimum Gasteiger partial charge on any atom is -0.393 e. The molecule has 0 spiro atoms. The fraction of sp³-hybridized carbons (Fsp3) is 0.480. The zero-order valence-corrected chi connectivity index (χ0v) is 18.1. The third kappa shape index (κ3) is 7.95. The number of hydrogen-bond donors (Lipinski definition) is 2. The lowest BCUT2D eigenvalue weighted by molar-refractivity contribution is -0.111. The van der Waals surface area contributed by atoms with Crippen molar-refractivity contribution in [3.8, 4) is 0 Å². The number of carbonyl (C=O) groups is 1. The highest BCUT2D eigenvalue weighted by Crippen LogP contribution is 2.47. The number of carbonyl (C=O) groups excluding carboxylic acids is 1. The second kappa shape index (κ2) is 10.5. The van der Waals surface area contributed by atoms with Crippen LogP contribution < -0.4 is 0 Å². The van der Waals surface area contributed by atoms with Crippen molar-refractivity contribution in [3.05, 3.63) is 71.4 Å². The minimum atomic E-state index is -0.907. The molecule has 2 N–H and O–H groups in total. The Morgan fingerprint density at radius 1 is 0.857 bits per heavy atom. The smallest absolute Gasteiger partial charge is 0.145 e. The normalized spacial score (nSPS) is 29.9. The van der Waals surface area contributed by atoms with E-state index in [-0.39, 0.29) is 11.3 Å². The van der Waals surface area contributed by atoms with Gasteiger partial charge in [-0.2, -0.15) is 0 Å². The Labute approximate surface area is 170 Å². The fourth-order valence-electron chi connectivity index (χ4n) is 3.88. The predicted molar refractivity (Wildman–Crippen MR) is 118 cm³/mol. The Bertz CT molecular complexity index is 694. The molecule has 1 unspecified atom stereocenters. The molecule has 0 aliphatic heterocycles. The third-order valence-electron chi connectivity index (χ3n) is 5.21. The van der Waals surface area contributed by atoms with Gasteiger partial charge in [0, 0.05) is 12.3 Å². The summed E-state index contributed by atoms with van der Waals surface area (Å²) in [4.78, 5) is 10.5. The lowest BCUT2D eigenvalue weighted by atomic mass is 9.61. The summed E-state index contributed by atoms with van der Waals surface area (Å²) in [6.45, 7) is 11.8. The molecule has 3 atom stereocenters. The summed E-state index contributed by atoms with van der Waals surface area (Å²) >= 11 is 0. The fourth-order valence-corrected chi connectivity index (χ4v) is 3.88. The van der Waals surface area contributed by atoms with Crippen LogP contribution in [0.1, 0.15) is 54.4 Å². The van der Waals surface area contributed by atoms with Gasteiger partial charge in [0.1, 0.15) is 6.29 Å². The van der Waals surface area contributed by atoms with Crippen LogP contribution in [0.3, 0.4) is 0 Å². The van der Waals surface area contributed by atoms with Crippen molar-refractivity contribution in [2.24, 2.45) is 11.3 Å². The van der Waals surface area contributed by atoms with Crippen LogP contribution in [0.15, 0.2) is 71.4 Å². The van der Waals surface area contributed by atoms with Crippen LogP contribution in [-0.4, -0.2) is 28.2 Å². The molecule has 1 fully saturated rings. The highest BCUT2D eigenvalue weighted by atomic mass is 16.3. The second-order valence-electron chi connectivity index (χ2n) is 8.84. The average molecular weight is 385 g/mol. The lowest BCUT2D eigenvalue weighted by Gasteiger charge is -2.48. The van der Waals surface area contributed by atoms with Gasteiger partial charge < -0.3 is 10.2 Å². The van der Waals surface area contributed by atoms with Crippen molar-refractivity contribution in [3.63, 3.8) is 0 Å². The lowest BCUT2D eigenvalue weighted by Crippen LogP contribution is -2.50. The van der Waals surface area contributed by atoms with Gasteiger partial charge in [0.25, 0.3) is 0 Å². The molecule has 0 saturated heterocycles. The number of aliphatic hydroxyl groups is 2. The second-order valence-corrected chi connectivity index (χ2v) is 8.84. The summed E-state index contributed by atoms with van der Waals surface area (Å²) in [5, 5.41) is 20.8. The van der Waals surface area contributed by atoms with E-state index in [1.165, 1.54) is 0 Å². The first-order valence-electron chi connectivity index (χ1n) is 9.88. The molecule has 0 aromatic heterocycles. The van der Waals surface area contributed by atoms with Gasteiger partial charge in [-0.1, -0.05) is 79.7 Å². The van der Waals surface area contributed by atoms with Crippen LogP contribution in [0.5, 0.6) is 0 Å². The summed E-state index contributed by atoms with van der Waals surface area (Å²) < 4.78 is 0. The highest BCUT2D eigenvalue weighted by Gasteiger charge is 2.47. The highest BCUT2D eigenvalue weighted by molar-refractivity contribution is 5.72. The van der Waals surface area contributed by atoms with Crippen LogP contribution in [0.2, 0.25) is 0 Å². The van der Waals surface area contributed by atoms with Crippen LogP contribution in [-0.2, 0) is 4.79 Å². The molecule has 1 aliphatic carbocycles. The SMILES string of the molecule is C\C(C=O)=C/C=C/C=C(C)/C=C/C=C(C)/C=C/C1C(C)(C)C[C@H](O)C[C@@]1(C)O. The van der Waals surface area contributed by atoms with Gasteiger partial charge in [-0.25, -0.2) is 0 Å². The number of aliphatic hydroxyl groups excluding tert-OH is 1. The van der Waals surface area contributed by atoms with Crippen LogP contribution in [0.4, 0.5) is 0 Å². The summed E-state index contributed by atoms with van der Waals surface area (Å²) in [5.41, 5.74) is 1.83. The number of hydrogen-bond acceptors (Lipinski definition) is 3. The Morgan fingerprint density at radius 2 is 1.39 bits per heavy atom. The molecule has 0 aromatic rings. The zero-order valence-electron chi connectivity index (χ0n) is 18.1. The summed E-state index contributed by atoms with van der Waals surface area (Å²) in [7, 11) is 0. The van der Waals surface area contributed by atoms with Crippen LogP contribution in [0.25, 0.3) is 0 Å². The third-order valence-corrected chi connectivity index (χ3v) is 5.21. The number of rotatable bonds is 7. The van der Waals surface area contributed by atoms with E-state index in [1.54, 1.807) is 13.0 Å². The largest absolute Gasteiger partial charge is 0.393 e. The van der Waals surface area contributed by atoms with Crippen molar-refractivity contribution >= 4 is 6.29 Å². The molecule has 1 saturated carbocycles. The quantitative estimate of drug-likeness (QED) is 0.358. The molecule has 0 aromatic carbocycles. The average Bonchev–Trinajstić information content (AvgIpc) is 2.55. The van der Waals surface area contributed by atoms with Crippen molar-refractivity contribution in [1.82, 2.24) is 0 Å². The van der Waals surface area contributed by atoms with E-state index >= 15 is 0 Å². The molecule has 0 heterocycles. The molecule has 0 amide bonds. The Morgan fingerprint density at radius 3 is 1.96 bits per heavy atom. The Balaban J connectivity index is 2.75. The van der Waals surface area contributed by atoms with E-state index < -0.39 is 11.7 Å². The summed E-state index contributed by atoms with van der Waals surface area (Å²) in [6, 6.07) is 0. The minimum absolute atomic E-state index is 0.00891. The van der Waals surface area contributed by atoms with Crippen LogP contribution in [0, 0.1) is 11.3 Å². The Hall–Kier alpha value is -1.97. The van der Waals surface area contributed by atoms with Gasteiger partial charge >= 0.3 is 0 Å². The molecule has 0 radical (unpaired) electrons. The van der Waals surface area contributed by atoms with Gasteiger partial charge in [0.15, 0.2) is 0 Å². The van der Waals surface area contributed by atoms with Crippen LogP contribution >= 0.6 is 0 Å². The summed E-state index contributed by atoms with van der Waals surface area (Å²) in [5.74, 6) is -0.00891. The van der Waals surface area contributed by atoms with Gasteiger partial charge in [-0.15, -0.1) is 0 Å². The van der Waals surface area contributed by atoms with E-state index in [0.717, 1.165) is 17.4 Å². The molecular weight excluding hydrogens is 348 g/mol. The number of aldehydes is 1. The standard InChI is InChI=1S/C25H36O3/c1-19(10-7-8-11-21(3)18-26)12-9-13-20(2)14-15-23-24(4,5)16-22(27)17-25(23,6)28/h7-15,18,22-23,27-28H,16-17H2,1-6H3/b8-7+,12-9+,15-14+,19-10+,20-13+,21-11+/t22-,23?,25+/m0/s1. The first kappa shape index (κ1) is 24.1. The first-order valence-corrected chi connectivity index (χ1v) is 9.88. The van der Waals surface area contributed by atoms with Crippen molar-refractivity contribution in [1.29, 1.82) is 0 Å². The maximum absolute atomic E-state index is 10.8. The van der Waals surface area contributed by atoms with Gasteiger partial charge in [-0.3, -0.25) is 4.79 Å². The Kier molecular flexibility index (Phi) is 9.06. The molecule has 154 valence electrons. The van der Waals surface area contributed by atoms with Crippen molar-refractivity contribution in [2.45, 2.75) is 66.1 Å². The topological polar surface area (TPSA) is 57.5 Å². The molecule has 3 heteroatoms. The molecule has 0 bridgehead atoms. The van der Waals surface area contributed by atoms with Gasteiger partial charge in [-0.05, 0) is 45.1 Å².